The molecule has 104 valence electrons. The molecule has 3 aliphatic rings. The number of halogens is 1. The van der Waals surface area contributed by atoms with Crippen LogP contribution in [0.5, 0.6) is 0 Å². The zero-order chi connectivity index (χ0) is 12.4. The number of hydrogen-bond donors (Lipinski definition) is 0. The summed E-state index contributed by atoms with van der Waals surface area (Å²) in [5, 5.41) is 0.447. The number of rotatable bonds is 1. The molecule has 18 heavy (non-hydrogen) atoms. The van der Waals surface area contributed by atoms with Crippen LogP contribution in [-0.4, -0.2) is 17.6 Å². The highest BCUT2D eigenvalue weighted by molar-refractivity contribution is 6.20. The van der Waals surface area contributed by atoms with Crippen LogP contribution in [0.15, 0.2) is 0 Å². The maximum Gasteiger partial charge on any atom is 0.0685 e. The van der Waals surface area contributed by atoms with Crippen LogP contribution in [-0.2, 0) is 4.74 Å². The van der Waals surface area contributed by atoms with Gasteiger partial charge in [0, 0.05) is 12.0 Å². The molecule has 1 aliphatic heterocycles. The number of ether oxygens (including phenoxy) is 1. The van der Waals surface area contributed by atoms with E-state index in [-0.39, 0.29) is 5.60 Å². The molecule has 0 radical (unpaired) electrons. The minimum absolute atomic E-state index is 0.259. The van der Waals surface area contributed by atoms with Crippen LogP contribution in [0.1, 0.15) is 70.6 Å². The second-order valence-electron chi connectivity index (χ2n) is 6.81. The summed E-state index contributed by atoms with van der Waals surface area (Å²) in [7, 11) is 0. The Kier molecular flexibility index (Phi) is 4.20. The fourth-order valence-electron chi connectivity index (χ4n) is 4.62. The van der Waals surface area contributed by atoms with Crippen molar-refractivity contribution >= 4 is 11.6 Å². The average molecular weight is 271 g/mol. The molecule has 1 saturated heterocycles. The summed E-state index contributed by atoms with van der Waals surface area (Å²) in [5.74, 6) is 1.63. The molecule has 3 rings (SSSR count). The smallest absolute Gasteiger partial charge is 0.0685 e. The molecule has 1 nitrogen and oxygen atoms in total. The molecule has 0 aromatic heterocycles. The number of hydrogen-bond acceptors (Lipinski definition) is 1. The Bertz CT molecular complexity index is 267. The van der Waals surface area contributed by atoms with Crippen molar-refractivity contribution in [2.75, 3.05) is 6.61 Å². The standard InChI is InChI=1S/C16H27ClO/c17-15-7-3-2-6-14(15)13-8-11-18-16(12-13)9-4-1-5-10-16/h13-15H,1-12H2. The van der Waals surface area contributed by atoms with Crippen LogP contribution in [0.4, 0.5) is 0 Å². The second-order valence-corrected chi connectivity index (χ2v) is 7.37. The summed E-state index contributed by atoms with van der Waals surface area (Å²) >= 11 is 6.60. The van der Waals surface area contributed by atoms with Gasteiger partial charge in [-0.15, -0.1) is 11.6 Å². The first-order valence-corrected chi connectivity index (χ1v) is 8.51. The maximum absolute atomic E-state index is 6.60. The van der Waals surface area contributed by atoms with Gasteiger partial charge in [0.2, 0.25) is 0 Å². The largest absolute Gasteiger partial charge is 0.375 e. The molecule has 0 aromatic carbocycles. The van der Waals surface area contributed by atoms with Gasteiger partial charge in [0.25, 0.3) is 0 Å². The van der Waals surface area contributed by atoms with Crippen molar-refractivity contribution in [3.63, 3.8) is 0 Å². The Morgan fingerprint density at radius 1 is 0.889 bits per heavy atom. The van der Waals surface area contributed by atoms with Crippen molar-refractivity contribution in [1.82, 2.24) is 0 Å². The highest BCUT2D eigenvalue weighted by Crippen LogP contribution is 2.46. The Morgan fingerprint density at radius 2 is 1.67 bits per heavy atom. The lowest BCUT2D eigenvalue weighted by molar-refractivity contribution is -0.126. The molecule has 3 atom stereocenters. The van der Waals surface area contributed by atoms with E-state index >= 15 is 0 Å². The third-order valence-corrected chi connectivity index (χ3v) is 6.18. The molecular weight excluding hydrogens is 244 g/mol. The summed E-state index contributed by atoms with van der Waals surface area (Å²) in [6, 6.07) is 0. The first kappa shape index (κ1) is 13.2. The van der Waals surface area contributed by atoms with Crippen LogP contribution in [0.25, 0.3) is 0 Å². The molecule has 1 spiro atoms. The highest BCUT2D eigenvalue weighted by Gasteiger charge is 2.42. The van der Waals surface area contributed by atoms with Crippen molar-refractivity contribution in [2.24, 2.45) is 11.8 Å². The number of alkyl halides is 1. The topological polar surface area (TPSA) is 9.23 Å². The lowest BCUT2D eigenvalue weighted by Gasteiger charge is -2.47. The summed E-state index contributed by atoms with van der Waals surface area (Å²) in [5.41, 5.74) is 0.259. The molecule has 0 N–H and O–H groups in total. The van der Waals surface area contributed by atoms with Crippen molar-refractivity contribution in [1.29, 1.82) is 0 Å². The molecule has 3 fully saturated rings. The van der Waals surface area contributed by atoms with Gasteiger partial charge in [0.15, 0.2) is 0 Å². The fraction of sp³-hybridized carbons (Fsp3) is 1.00. The third kappa shape index (κ3) is 2.72. The average Bonchev–Trinajstić information content (AvgIpc) is 2.40. The SMILES string of the molecule is ClC1CCCCC1C1CCOC2(CCCCC2)C1. The molecule has 0 aromatic rings. The lowest BCUT2D eigenvalue weighted by Crippen LogP contribution is -2.44. The Labute approximate surface area is 117 Å². The van der Waals surface area contributed by atoms with E-state index in [2.05, 4.69) is 0 Å². The minimum atomic E-state index is 0.259. The van der Waals surface area contributed by atoms with Crippen molar-refractivity contribution in [3.8, 4) is 0 Å². The van der Waals surface area contributed by atoms with Crippen LogP contribution in [0, 0.1) is 11.8 Å². The highest BCUT2D eigenvalue weighted by atomic mass is 35.5. The summed E-state index contributed by atoms with van der Waals surface area (Å²) in [6.07, 6.45) is 14.7. The first-order chi connectivity index (χ1) is 8.79. The van der Waals surface area contributed by atoms with E-state index in [0.29, 0.717) is 5.38 Å². The molecule has 0 bridgehead atoms. The zero-order valence-corrected chi connectivity index (χ0v) is 12.3. The van der Waals surface area contributed by atoms with E-state index in [1.165, 1.54) is 70.6 Å². The van der Waals surface area contributed by atoms with Crippen molar-refractivity contribution in [3.05, 3.63) is 0 Å². The van der Waals surface area contributed by atoms with Crippen LogP contribution < -0.4 is 0 Å². The molecule has 2 saturated carbocycles. The predicted octanol–water partition coefficient (Wildman–Crippen LogP) is 4.91. The summed E-state index contributed by atoms with van der Waals surface area (Å²) < 4.78 is 6.22. The van der Waals surface area contributed by atoms with Gasteiger partial charge < -0.3 is 4.74 Å². The Morgan fingerprint density at radius 3 is 2.44 bits per heavy atom. The van der Waals surface area contributed by atoms with Gasteiger partial charge in [-0.1, -0.05) is 32.1 Å². The first-order valence-electron chi connectivity index (χ1n) is 8.07. The van der Waals surface area contributed by atoms with E-state index in [0.717, 1.165) is 18.4 Å². The van der Waals surface area contributed by atoms with Gasteiger partial charge in [0.1, 0.15) is 0 Å². The van der Waals surface area contributed by atoms with Crippen molar-refractivity contribution in [2.45, 2.75) is 81.6 Å². The minimum Gasteiger partial charge on any atom is -0.375 e. The lowest BCUT2D eigenvalue weighted by atomic mass is 9.69. The Hall–Kier alpha value is 0.250. The normalized spacial score (nSPS) is 40.8. The van der Waals surface area contributed by atoms with Crippen molar-refractivity contribution < 1.29 is 4.74 Å². The van der Waals surface area contributed by atoms with Crippen LogP contribution >= 0.6 is 11.6 Å². The molecule has 0 amide bonds. The van der Waals surface area contributed by atoms with Gasteiger partial charge in [-0.25, -0.2) is 0 Å². The van der Waals surface area contributed by atoms with Gasteiger partial charge in [-0.3, -0.25) is 0 Å². The molecule has 2 heteroatoms. The molecule has 1 heterocycles. The molecule has 2 aliphatic carbocycles. The van der Waals surface area contributed by atoms with E-state index in [4.69, 9.17) is 16.3 Å². The van der Waals surface area contributed by atoms with Gasteiger partial charge in [0.05, 0.1) is 5.60 Å². The maximum atomic E-state index is 6.60. The van der Waals surface area contributed by atoms with E-state index < -0.39 is 0 Å². The van der Waals surface area contributed by atoms with E-state index in [1.807, 2.05) is 0 Å². The summed E-state index contributed by atoms with van der Waals surface area (Å²) in [6.45, 7) is 0.991. The summed E-state index contributed by atoms with van der Waals surface area (Å²) in [4.78, 5) is 0. The Balaban J connectivity index is 1.65. The van der Waals surface area contributed by atoms with E-state index in [9.17, 15) is 0 Å². The molecular formula is C16H27ClO. The second kappa shape index (κ2) is 5.71. The monoisotopic (exact) mass is 270 g/mol. The van der Waals surface area contributed by atoms with Crippen LogP contribution in [0.3, 0.4) is 0 Å². The fourth-order valence-corrected chi connectivity index (χ4v) is 5.11. The van der Waals surface area contributed by atoms with Gasteiger partial charge in [-0.05, 0) is 50.4 Å². The zero-order valence-electron chi connectivity index (χ0n) is 11.5. The third-order valence-electron chi connectivity index (χ3n) is 5.63. The molecule has 3 unspecified atom stereocenters. The van der Waals surface area contributed by atoms with Gasteiger partial charge >= 0.3 is 0 Å². The van der Waals surface area contributed by atoms with E-state index in [1.54, 1.807) is 0 Å². The van der Waals surface area contributed by atoms with Gasteiger partial charge in [-0.2, -0.15) is 0 Å². The van der Waals surface area contributed by atoms with Crippen LogP contribution in [0.2, 0.25) is 0 Å². The quantitative estimate of drug-likeness (QED) is 0.615. The predicted molar refractivity (Wildman–Crippen MR) is 76.1 cm³/mol.